The van der Waals surface area contributed by atoms with Crippen LogP contribution in [0.15, 0.2) is 42.5 Å². The van der Waals surface area contributed by atoms with Gasteiger partial charge in [-0.25, -0.2) is 4.39 Å². The van der Waals surface area contributed by atoms with E-state index in [1.807, 2.05) is 6.07 Å². The van der Waals surface area contributed by atoms with E-state index in [-0.39, 0.29) is 23.9 Å². The van der Waals surface area contributed by atoms with Crippen LogP contribution in [0.4, 0.5) is 15.8 Å². The SMILES string of the molecule is CCCCOc1ccc(C(=O)N(C)c2ccc(N3CCC(N4CC(C)OC(C)C4)C3)c(F)c2)cc1. The largest absolute Gasteiger partial charge is 0.494 e. The third-order valence-electron chi connectivity index (χ3n) is 6.96. The molecule has 2 aromatic rings. The van der Waals surface area contributed by atoms with Crippen LogP contribution in [0.3, 0.4) is 0 Å². The van der Waals surface area contributed by atoms with Gasteiger partial charge in [0, 0.05) is 50.5 Å². The van der Waals surface area contributed by atoms with E-state index in [0.29, 0.717) is 29.6 Å². The molecule has 2 saturated heterocycles. The highest BCUT2D eigenvalue weighted by Gasteiger charge is 2.33. The molecule has 0 spiro atoms. The van der Waals surface area contributed by atoms with Crippen molar-refractivity contribution in [1.29, 1.82) is 0 Å². The van der Waals surface area contributed by atoms with E-state index in [0.717, 1.165) is 51.2 Å². The number of anilines is 2. The summed E-state index contributed by atoms with van der Waals surface area (Å²) in [5.41, 5.74) is 1.67. The minimum absolute atomic E-state index is 0.186. The maximum absolute atomic E-state index is 15.2. The lowest BCUT2D eigenvalue weighted by Gasteiger charge is -2.38. The zero-order valence-corrected chi connectivity index (χ0v) is 21.4. The lowest BCUT2D eigenvalue weighted by molar-refractivity contribution is -0.0779. The fourth-order valence-electron chi connectivity index (χ4n) is 5.07. The highest BCUT2D eigenvalue weighted by molar-refractivity contribution is 6.05. The average molecular weight is 484 g/mol. The predicted molar refractivity (Wildman–Crippen MR) is 138 cm³/mol. The van der Waals surface area contributed by atoms with Gasteiger partial charge in [0.05, 0.1) is 24.5 Å². The van der Waals surface area contributed by atoms with Crippen molar-refractivity contribution in [3.05, 3.63) is 53.8 Å². The number of rotatable bonds is 8. The molecule has 2 aliphatic rings. The van der Waals surface area contributed by atoms with Crippen LogP contribution < -0.4 is 14.5 Å². The molecule has 190 valence electrons. The maximum atomic E-state index is 15.2. The van der Waals surface area contributed by atoms with E-state index < -0.39 is 0 Å². The number of carbonyl (C=O) groups is 1. The van der Waals surface area contributed by atoms with Crippen LogP contribution in [0.25, 0.3) is 0 Å². The van der Waals surface area contributed by atoms with Crippen molar-refractivity contribution in [2.75, 3.05) is 49.6 Å². The fourth-order valence-corrected chi connectivity index (χ4v) is 5.07. The van der Waals surface area contributed by atoms with Crippen LogP contribution in [0, 0.1) is 5.82 Å². The van der Waals surface area contributed by atoms with Crippen LogP contribution in [-0.2, 0) is 4.74 Å². The highest BCUT2D eigenvalue weighted by atomic mass is 19.1. The average Bonchev–Trinajstić information content (AvgIpc) is 3.33. The maximum Gasteiger partial charge on any atom is 0.258 e. The van der Waals surface area contributed by atoms with E-state index in [1.54, 1.807) is 37.4 Å². The zero-order chi connectivity index (χ0) is 24.9. The normalized spacial score (nSPS) is 22.9. The molecular formula is C28H38FN3O3. The molecule has 4 rings (SSSR count). The molecule has 2 aliphatic heterocycles. The van der Waals surface area contributed by atoms with Gasteiger partial charge in [-0.1, -0.05) is 13.3 Å². The molecule has 3 atom stereocenters. The summed E-state index contributed by atoms with van der Waals surface area (Å²) in [6.07, 6.45) is 3.52. The highest BCUT2D eigenvalue weighted by Crippen LogP contribution is 2.30. The Labute approximate surface area is 208 Å². The zero-order valence-electron chi connectivity index (χ0n) is 21.4. The number of hydrogen-bond acceptors (Lipinski definition) is 5. The predicted octanol–water partition coefficient (Wildman–Crippen LogP) is 4.97. The second kappa shape index (κ2) is 11.4. The molecule has 2 heterocycles. The van der Waals surface area contributed by atoms with Crippen LogP contribution in [0.2, 0.25) is 0 Å². The van der Waals surface area contributed by atoms with Crippen molar-refractivity contribution in [2.24, 2.45) is 0 Å². The first-order chi connectivity index (χ1) is 16.9. The van der Waals surface area contributed by atoms with Gasteiger partial charge in [0.15, 0.2) is 0 Å². The molecule has 0 N–H and O–H groups in total. The number of morpholine rings is 1. The van der Waals surface area contributed by atoms with Gasteiger partial charge < -0.3 is 19.3 Å². The first-order valence-corrected chi connectivity index (χ1v) is 12.8. The Morgan fingerprint density at radius 2 is 1.83 bits per heavy atom. The smallest absolute Gasteiger partial charge is 0.258 e. The summed E-state index contributed by atoms with van der Waals surface area (Å²) in [6.45, 7) is 10.5. The number of ether oxygens (including phenoxy) is 2. The van der Waals surface area contributed by atoms with Crippen LogP contribution in [-0.4, -0.2) is 68.9 Å². The summed E-state index contributed by atoms with van der Waals surface area (Å²) in [5, 5.41) is 0. The summed E-state index contributed by atoms with van der Waals surface area (Å²) < 4.78 is 26.7. The Balaban J connectivity index is 1.38. The Morgan fingerprint density at radius 1 is 1.11 bits per heavy atom. The number of halogens is 1. The van der Waals surface area contributed by atoms with Crippen molar-refractivity contribution < 1.29 is 18.7 Å². The van der Waals surface area contributed by atoms with Crippen molar-refractivity contribution >= 4 is 17.3 Å². The van der Waals surface area contributed by atoms with Gasteiger partial charge in [0.25, 0.3) is 5.91 Å². The second-order valence-corrected chi connectivity index (χ2v) is 9.83. The standard InChI is InChI=1S/C28H38FN3O3/c1-5-6-15-34-25-10-7-22(8-11-25)28(33)30(4)23-9-12-27(26(29)16-23)31-14-13-24(19-31)32-17-20(2)35-21(3)18-32/h7-12,16,20-21,24H,5-6,13-15,17-19H2,1-4H3. The number of amides is 1. The molecule has 0 radical (unpaired) electrons. The lowest BCUT2D eigenvalue weighted by Crippen LogP contribution is -2.50. The quantitative estimate of drug-likeness (QED) is 0.496. The number of hydrogen-bond donors (Lipinski definition) is 0. The molecule has 0 saturated carbocycles. The van der Waals surface area contributed by atoms with E-state index >= 15 is 4.39 Å². The monoisotopic (exact) mass is 483 g/mol. The molecule has 35 heavy (non-hydrogen) atoms. The van der Waals surface area contributed by atoms with Crippen LogP contribution in [0.1, 0.15) is 50.4 Å². The summed E-state index contributed by atoms with van der Waals surface area (Å²) in [7, 11) is 1.68. The summed E-state index contributed by atoms with van der Waals surface area (Å²) in [5.74, 6) is 0.262. The molecule has 0 bridgehead atoms. The minimum Gasteiger partial charge on any atom is -0.494 e. The molecule has 2 aromatic carbocycles. The molecular weight excluding hydrogens is 445 g/mol. The second-order valence-electron chi connectivity index (χ2n) is 9.83. The van der Waals surface area contributed by atoms with Gasteiger partial charge in [0.2, 0.25) is 0 Å². The van der Waals surface area contributed by atoms with Crippen molar-refractivity contribution in [2.45, 2.75) is 58.3 Å². The van der Waals surface area contributed by atoms with E-state index in [1.165, 1.54) is 11.0 Å². The van der Waals surface area contributed by atoms with Gasteiger partial charge in [0.1, 0.15) is 11.6 Å². The van der Waals surface area contributed by atoms with Crippen LogP contribution in [0.5, 0.6) is 5.75 Å². The van der Waals surface area contributed by atoms with Crippen LogP contribution >= 0.6 is 0 Å². The first kappa shape index (κ1) is 25.5. The summed E-state index contributed by atoms with van der Waals surface area (Å²) in [6, 6.07) is 12.6. The summed E-state index contributed by atoms with van der Waals surface area (Å²) >= 11 is 0. The van der Waals surface area contributed by atoms with Gasteiger partial charge in [-0.3, -0.25) is 9.69 Å². The Kier molecular flexibility index (Phi) is 8.29. The van der Waals surface area contributed by atoms with Gasteiger partial charge in [-0.15, -0.1) is 0 Å². The molecule has 0 aliphatic carbocycles. The van der Waals surface area contributed by atoms with Crippen molar-refractivity contribution in [1.82, 2.24) is 4.90 Å². The Morgan fingerprint density at radius 3 is 2.49 bits per heavy atom. The molecule has 3 unspecified atom stereocenters. The molecule has 0 aromatic heterocycles. The third kappa shape index (κ3) is 6.14. The number of benzene rings is 2. The molecule has 6 nitrogen and oxygen atoms in total. The first-order valence-electron chi connectivity index (χ1n) is 12.8. The minimum atomic E-state index is -0.300. The number of unbranched alkanes of at least 4 members (excludes halogenated alkanes) is 1. The number of nitrogens with zero attached hydrogens (tertiary/aromatic N) is 3. The molecule has 1 amide bonds. The van der Waals surface area contributed by atoms with Gasteiger partial charge in [-0.05, 0) is 69.2 Å². The van der Waals surface area contributed by atoms with Crippen molar-refractivity contribution in [3.8, 4) is 5.75 Å². The fraction of sp³-hybridized carbons (Fsp3) is 0.536. The van der Waals surface area contributed by atoms with E-state index in [2.05, 4.69) is 30.6 Å². The van der Waals surface area contributed by atoms with Crippen molar-refractivity contribution in [3.63, 3.8) is 0 Å². The molecule has 7 heteroatoms. The van der Waals surface area contributed by atoms with Gasteiger partial charge in [-0.2, -0.15) is 0 Å². The third-order valence-corrected chi connectivity index (χ3v) is 6.96. The van der Waals surface area contributed by atoms with Gasteiger partial charge >= 0.3 is 0 Å². The van der Waals surface area contributed by atoms with E-state index in [9.17, 15) is 4.79 Å². The Hall–Kier alpha value is -2.64. The number of carbonyl (C=O) groups excluding carboxylic acids is 1. The summed E-state index contributed by atoms with van der Waals surface area (Å²) in [4.78, 5) is 19.1. The topological polar surface area (TPSA) is 45.2 Å². The Bertz CT molecular complexity index is 989. The molecule has 2 fully saturated rings. The van der Waals surface area contributed by atoms with E-state index in [4.69, 9.17) is 9.47 Å². The lowest BCUT2D eigenvalue weighted by atomic mass is 10.1.